The molecule has 4 heteroatoms. The summed E-state index contributed by atoms with van der Waals surface area (Å²) in [6.07, 6.45) is 0. The first-order valence-corrected chi connectivity index (χ1v) is 6.59. The van der Waals surface area contributed by atoms with Crippen LogP contribution in [0.5, 0.6) is 5.75 Å². The molecule has 0 saturated heterocycles. The Hall–Kier alpha value is -1.26. The first-order chi connectivity index (χ1) is 8.69. The lowest BCUT2D eigenvalue weighted by atomic mass is 10.2. The van der Waals surface area contributed by atoms with E-state index in [1.165, 1.54) is 5.56 Å². The Morgan fingerprint density at radius 2 is 2.00 bits per heavy atom. The van der Waals surface area contributed by atoms with Crippen molar-refractivity contribution >= 4 is 15.9 Å². The third kappa shape index (κ3) is 3.37. The maximum Gasteiger partial charge on any atom is 0.146 e. The molecular formula is C14H16BrNO2. The molecule has 96 valence electrons. The molecule has 1 aromatic carbocycles. The summed E-state index contributed by atoms with van der Waals surface area (Å²) in [6, 6.07) is 9.79. The molecular weight excluding hydrogens is 294 g/mol. The summed E-state index contributed by atoms with van der Waals surface area (Å²) in [7, 11) is 1.92. The van der Waals surface area contributed by atoms with Crippen LogP contribution in [0, 0.1) is 6.92 Å². The van der Waals surface area contributed by atoms with Gasteiger partial charge in [0.2, 0.25) is 0 Å². The van der Waals surface area contributed by atoms with Gasteiger partial charge in [0.25, 0.3) is 0 Å². The highest BCUT2D eigenvalue weighted by Gasteiger charge is 2.07. The van der Waals surface area contributed by atoms with Gasteiger partial charge in [0, 0.05) is 16.6 Å². The van der Waals surface area contributed by atoms with Gasteiger partial charge in [0.05, 0.1) is 0 Å². The second kappa shape index (κ2) is 6.07. The highest BCUT2D eigenvalue weighted by molar-refractivity contribution is 9.10. The van der Waals surface area contributed by atoms with Gasteiger partial charge in [-0.15, -0.1) is 0 Å². The minimum Gasteiger partial charge on any atom is -0.486 e. The van der Waals surface area contributed by atoms with E-state index in [2.05, 4.69) is 21.2 Å². The molecule has 0 bridgehead atoms. The Morgan fingerprint density at radius 3 is 2.67 bits per heavy atom. The Kier molecular flexibility index (Phi) is 4.44. The van der Waals surface area contributed by atoms with Crippen molar-refractivity contribution in [1.82, 2.24) is 5.32 Å². The van der Waals surface area contributed by atoms with Crippen LogP contribution >= 0.6 is 15.9 Å². The summed E-state index contributed by atoms with van der Waals surface area (Å²) in [5.74, 6) is 2.63. The summed E-state index contributed by atoms with van der Waals surface area (Å²) in [5.41, 5.74) is 1.17. The maximum atomic E-state index is 5.66. The quantitative estimate of drug-likeness (QED) is 0.915. The van der Waals surface area contributed by atoms with Crippen LogP contribution in [-0.2, 0) is 13.2 Å². The highest BCUT2D eigenvalue weighted by Crippen LogP contribution is 2.19. The molecule has 0 amide bonds. The molecule has 1 heterocycles. The van der Waals surface area contributed by atoms with Crippen molar-refractivity contribution in [2.75, 3.05) is 7.05 Å². The van der Waals surface area contributed by atoms with E-state index in [1.807, 2.05) is 44.3 Å². The Labute approximate surface area is 115 Å². The standard InChI is InChI=1S/C14H16BrNO2/c1-10-11(8-16-2)7-14(18-10)9-17-13-5-3-12(15)4-6-13/h3-7,16H,8-9H2,1-2H3. The molecule has 2 rings (SSSR count). The number of ether oxygens (including phenoxy) is 1. The van der Waals surface area contributed by atoms with E-state index in [4.69, 9.17) is 9.15 Å². The topological polar surface area (TPSA) is 34.4 Å². The van der Waals surface area contributed by atoms with Gasteiger partial charge in [0.1, 0.15) is 23.9 Å². The fraction of sp³-hybridized carbons (Fsp3) is 0.286. The third-order valence-corrected chi connectivity index (χ3v) is 3.16. The Balaban J connectivity index is 1.97. The van der Waals surface area contributed by atoms with Crippen LogP contribution in [0.3, 0.4) is 0 Å². The second-order valence-electron chi connectivity index (χ2n) is 4.07. The van der Waals surface area contributed by atoms with Crippen LogP contribution in [-0.4, -0.2) is 7.05 Å². The largest absolute Gasteiger partial charge is 0.486 e. The van der Waals surface area contributed by atoms with Crippen LogP contribution < -0.4 is 10.1 Å². The molecule has 3 nitrogen and oxygen atoms in total. The van der Waals surface area contributed by atoms with E-state index in [0.29, 0.717) is 6.61 Å². The molecule has 1 N–H and O–H groups in total. The van der Waals surface area contributed by atoms with Crippen molar-refractivity contribution < 1.29 is 9.15 Å². The van der Waals surface area contributed by atoms with Gasteiger partial charge in [-0.3, -0.25) is 0 Å². The van der Waals surface area contributed by atoms with Gasteiger partial charge in [-0.2, -0.15) is 0 Å². The van der Waals surface area contributed by atoms with E-state index in [9.17, 15) is 0 Å². The second-order valence-corrected chi connectivity index (χ2v) is 4.98. The molecule has 0 aliphatic heterocycles. The fourth-order valence-electron chi connectivity index (χ4n) is 1.71. The van der Waals surface area contributed by atoms with Crippen LogP contribution in [0.15, 0.2) is 39.2 Å². The molecule has 0 spiro atoms. The number of rotatable bonds is 5. The van der Waals surface area contributed by atoms with E-state index in [0.717, 1.165) is 28.3 Å². The van der Waals surface area contributed by atoms with Crippen molar-refractivity contribution in [3.05, 3.63) is 51.9 Å². The van der Waals surface area contributed by atoms with Crippen molar-refractivity contribution in [1.29, 1.82) is 0 Å². The van der Waals surface area contributed by atoms with E-state index >= 15 is 0 Å². The molecule has 0 aliphatic rings. The number of benzene rings is 1. The predicted molar refractivity (Wildman–Crippen MR) is 74.7 cm³/mol. The Bertz CT molecular complexity index is 505. The lowest BCUT2D eigenvalue weighted by molar-refractivity contribution is 0.267. The first-order valence-electron chi connectivity index (χ1n) is 5.80. The van der Waals surface area contributed by atoms with Crippen molar-refractivity contribution in [2.24, 2.45) is 0 Å². The molecule has 0 fully saturated rings. The zero-order chi connectivity index (χ0) is 13.0. The van der Waals surface area contributed by atoms with Crippen molar-refractivity contribution in [3.63, 3.8) is 0 Å². The monoisotopic (exact) mass is 309 g/mol. The molecule has 0 unspecified atom stereocenters. The van der Waals surface area contributed by atoms with Crippen LogP contribution in [0.2, 0.25) is 0 Å². The van der Waals surface area contributed by atoms with E-state index in [1.54, 1.807) is 0 Å². The number of hydrogen-bond acceptors (Lipinski definition) is 3. The zero-order valence-electron chi connectivity index (χ0n) is 10.5. The molecule has 0 aliphatic carbocycles. The molecule has 0 saturated carbocycles. The van der Waals surface area contributed by atoms with E-state index < -0.39 is 0 Å². The van der Waals surface area contributed by atoms with E-state index in [-0.39, 0.29) is 0 Å². The average molecular weight is 310 g/mol. The number of halogens is 1. The van der Waals surface area contributed by atoms with Gasteiger partial charge < -0.3 is 14.5 Å². The SMILES string of the molecule is CNCc1cc(COc2ccc(Br)cc2)oc1C. The van der Waals surface area contributed by atoms with Crippen LogP contribution in [0.25, 0.3) is 0 Å². The van der Waals surface area contributed by atoms with Gasteiger partial charge in [0.15, 0.2) is 0 Å². The van der Waals surface area contributed by atoms with Gasteiger partial charge in [-0.25, -0.2) is 0 Å². The van der Waals surface area contributed by atoms with Gasteiger partial charge in [-0.1, -0.05) is 15.9 Å². The minimum atomic E-state index is 0.451. The lowest BCUT2D eigenvalue weighted by Gasteiger charge is -2.03. The number of hydrogen-bond donors (Lipinski definition) is 1. The molecule has 0 radical (unpaired) electrons. The number of nitrogens with one attached hydrogen (secondary N) is 1. The third-order valence-electron chi connectivity index (χ3n) is 2.63. The summed E-state index contributed by atoms with van der Waals surface area (Å²) in [6.45, 7) is 3.23. The summed E-state index contributed by atoms with van der Waals surface area (Å²) < 4.78 is 12.3. The average Bonchev–Trinajstić information content (AvgIpc) is 2.70. The van der Waals surface area contributed by atoms with Gasteiger partial charge in [-0.05, 0) is 44.3 Å². The van der Waals surface area contributed by atoms with Crippen LogP contribution in [0.4, 0.5) is 0 Å². The maximum absolute atomic E-state index is 5.66. The van der Waals surface area contributed by atoms with Crippen LogP contribution in [0.1, 0.15) is 17.1 Å². The summed E-state index contributed by atoms with van der Waals surface area (Å²) in [4.78, 5) is 0. The molecule has 2 aromatic rings. The van der Waals surface area contributed by atoms with Crippen molar-refractivity contribution in [3.8, 4) is 5.75 Å². The normalized spacial score (nSPS) is 10.6. The predicted octanol–water partition coefficient (Wildman–Crippen LogP) is 3.65. The number of aryl methyl sites for hydroxylation is 1. The molecule has 0 atom stereocenters. The fourth-order valence-corrected chi connectivity index (χ4v) is 1.97. The highest BCUT2D eigenvalue weighted by atomic mass is 79.9. The summed E-state index contributed by atoms with van der Waals surface area (Å²) >= 11 is 3.39. The summed E-state index contributed by atoms with van der Waals surface area (Å²) in [5, 5.41) is 3.11. The lowest BCUT2D eigenvalue weighted by Crippen LogP contribution is -2.04. The van der Waals surface area contributed by atoms with Crippen molar-refractivity contribution in [2.45, 2.75) is 20.1 Å². The minimum absolute atomic E-state index is 0.451. The Morgan fingerprint density at radius 1 is 1.28 bits per heavy atom. The molecule has 1 aromatic heterocycles. The molecule has 18 heavy (non-hydrogen) atoms. The smallest absolute Gasteiger partial charge is 0.146 e. The van der Waals surface area contributed by atoms with Gasteiger partial charge >= 0.3 is 0 Å². The first kappa shape index (κ1) is 13.2. The zero-order valence-corrected chi connectivity index (χ0v) is 12.1. The number of furan rings is 1.